The summed E-state index contributed by atoms with van der Waals surface area (Å²) < 4.78 is 5.44. The maximum atomic E-state index is 11.8. The standard InChI is InChI=1S/C15H22O5/c1-7-4-5-9-8(2)13(18)20-12(9)14(3)10(16)6-11(17)15(7,14)19/h7,9-12,16-17,19H,2,4-6H2,1,3H3/t7-,9-,10-,11+,12+,14-,15-/m0/s1. The van der Waals surface area contributed by atoms with E-state index in [0.717, 1.165) is 0 Å². The quantitative estimate of drug-likeness (QED) is 0.441. The Hall–Kier alpha value is -0.910. The lowest BCUT2D eigenvalue weighted by Gasteiger charge is -2.47. The molecule has 5 nitrogen and oxygen atoms in total. The van der Waals surface area contributed by atoms with E-state index in [-0.39, 0.29) is 18.3 Å². The number of ether oxygens (including phenoxy) is 1. The fourth-order valence-corrected chi connectivity index (χ4v) is 4.66. The van der Waals surface area contributed by atoms with Gasteiger partial charge in [-0.2, -0.15) is 0 Å². The van der Waals surface area contributed by atoms with Gasteiger partial charge in [0.05, 0.1) is 17.6 Å². The van der Waals surface area contributed by atoms with Gasteiger partial charge in [-0.15, -0.1) is 0 Å². The van der Waals surface area contributed by atoms with Crippen LogP contribution in [0.15, 0.2) is 12.2 Å². The van der Waals surface area contributed by atoms with Gasteiger partial charge in [-0.3, -0.25) is 0 Å². The van der Waals surface area contributed by atoms with Gasteiger partial charge in [0.1, 0.15) is 11.7 Å². The predicted octanol–water partition coefficient (Wildman–Crippen LogP) is 0.377. The molecule has 3 N–H and O–H groups in total. The van der Waals surface area contributed by atoms with Crippen molar-refractivity contribution in [2.75, 3.05) is 0 Å². The number of aliphatic hydroxyl groups excluding tert-OH is 2. The van der Waals surface area contributed by atoms with E-state index in [2.05, 4.69) is 6.58 Å². The van der Waals surface area contributed by atoms with Crippen LogP contribution in [0.25, 0.3) is 0 Å². The molecule has 0 aromatic rings. The van der Waals surface area contributed by atoms with Crippen LogP contribution >= 0.6 is 0 Å². The third-order valence-electron chi connectivity index (χ3n) is 6.07. The van der Waals surface area contributed by atoms with Crippen molar-refractivity contribution in [3.63, 3.8) is 0 Å². The average molecular weight is 282 g/mol. The Bertz CT molecular complexity index is 475. The second-order valence-electron chi connectivity index (χ2n) is 6.81. The highest BCUT2D eigenvalue weighted by atomic mass is 16.6. The molecule has 3 aliphatic rings. The van der Waals surface area contributed by atoms with Crippen LogP contribution in [0.1, 0.15) is 33.1 Å². The van der Waals surface area contributed by atoms with Crippen molar-refractivity contribution < 1.29 is 24.9 Å². The summed E-state index contributed by atoms with van der Waals surface area (Å²) in [7, 11) is 0. The number of hydrogen-bond donors (Lipinski definition) is 3. The second kappa shape index (κ2) is 4.06. The smallest absolute Gasteiger partial charge is 0.334 e. The molecule has 0 aromatic carbocycles. The molecule has 1 heterocycles. The Morgan fingerprint density at radius 1 is 1.30 bits per heavy atom. The van der Waals surface area contributed by atoms with Gasteiger partial charge >= 0.3 is 5.97 Å². The van der Waals surface area contributed by atoms with Crippen LogP contribution in [-0.4, -0.2) is 45.2 Å². The third-order valence-corrected chi connectivity index (χ3v) is 6.07. The number of hydrogen-bond acceptors (Lipinski definition) is 5. The van der Waals surface area contributed by atoms with Gasteiger partial charge in [0, 0.05) is 17.9 Å². The van der Waals surface area contributed by atoms with E-state index in [1.54, 1.807) is 6.92 Å². The van der Waals surface area contributed by atoms with E-state index in [0.29, 0.717) is 18.4 Å². The molecule has 3 fully saturated rings. The number of fused-ring (bicyclic) bond motifs is 3. The first-order valence-corrected chi connectivity index (χ1v) is 7.22. The number of esters is 1. The molecule has 7 atom stereocenters. The van der Waals surface area contributed by atoms with Gasteiger partial charge in [-0.1, -0.05) is 20.4 Å². The molecular formula is C15H22O5. The third kappa shape index (κ3) is 1.36. The van der Waals surface area contributed by atoms with Gasteiger partial charge < -0.3 is 20.1 Å². The average Bonchev–Trinajstić information content (AvgIpc) is 2.74. The summed E-state index contributed by atoms with van der Waals surface area (Å²) in [4.78, 5) is 11.8. The summed E-state index contributed by atoms with van der Waals surface area (Å²) in [5.41, 5.74) is -2.10. The van der Waals surface area contributed by atoms with Crippen LogP contribution in [0.4, 0.5) is 0 Å². The molecule has 20 heavy (non-hydrogen) atoms. The van der Waals surface area contributed by atoms with E-state index in [1.807, 2.05) is 6.92 Å². The zero-order valence-corrected chi connectivity index (χ0v) is 11.9. The van der Waals surface area contributed by atoms with Crippen molar-refractivity contribution in [2.24, 2.45) is 17.3 Å². The van der Waals surface area contributed by atoms with Crippen LogP contribution in [0.5, 0.6) is 0 Å². The number of aliphatic hydroxyl groups is 3. The highest BCUT2D eigenvalue weighted by molar-refractivity contribution is 5.91. The monoisotopic (exact) mass is 282 g/mol. The number of carbonyl (C=O) groups excluding carboxylic acids is 1. The number of carbonyl (C=O) groups is 1. The van der Waals surface area contributed by atoms with Crippen molar-refractivity contribution in [1.82, 2.24) is 0 Å². The Balaban J connectivity index is 2.15. The van der Waals surface area contributed by atoms with Crippen LogP contribution in [0.3, 0.4) is 0 Å². The summed E-state index contributed by atoms with van der Waals surface area (Å²) in [5.74, 6) is -0.826. The topological polar surface area (TPSA) is 87.0 Å². The van der Waals surface area contributed by atoms with Crippen LogP contribution < -0.4 is 0 Å². The first-order chi connectivity index (χ1) is 9.24. The van der Waals surface area contributed by atoms with E-state index in [4.69, 9.17) is 4.74 Å². The minimum Gasteiger partial charge on any atom is -0.458 e. The minimum atomic E-state index is -1.45. The molecule has 2 aliphatic carbocycles. The first-order valence-electron chi connectivity index (χ1n) is 7.22. The summed E-state index contributed by atoms with van der Waals surface area (Å²) >= 11 is 0. The van der Waals surface area contributed by atoms with Gasteiger partial charge in [0.25, 0.3) is 0 Å². The largest absolute Gasteiger partial charge is 0.458 e. The minimum absolute atomic E-state index is 0.102. The van der Waals surface area contributed by atoms with Gasteiger partial charge in [0.2, 0.25) is 0 Å². The summed E-state index contributed by atoms with van der Waals surface area (Å²) in [6.45, 7) is 7.40. The summed E-state index contributed by atoms with van der Waals surface area (Å²) in [5, 5.41) is 31.9. The zero-order chi connectivity index (χ0) is 14.9. The molecule has 0 amide bonds. The van der Waals surface area contributed by atoms with E-state index in [1.165, 1.54) is 0 Å². The summed E-state index contributed by atoms with van der Waals surface area (Å²) in [6, 6.07) is 0. The molecule has 0 aromatic heterocycles. The maximum absolute atomic E-state index is 11.8. The second-order valence-corrected chi connectivity index (χ2v) is 6.81. The molecule has 0 radical (unpaired) electrons. The lowest BCUT2D eigenvalue weighted by Crippen LogP contribution is -2.61. The predicted molar refractivity (Wildman–Crippen MR) is 70.6 cm³/mol. The van der Waals surface area contributed by atoms with E-state index < -0.39 is 35.3 Å². The van der Waals surface area contributed by atoms with Gasteiger partial charge in [-0.05, 0) is 18.8 Å². The van der Waals surface area contributed by atoms with E-state index >= 15 is 0 Å². The first kappa shape index (κ1) is 14.0. The molecule has 3 rings (SSSR count). The van der Waals surface area contributed by atoms with Crippen molar-refractivity contribution in [3.05, 3.63) is 12.2 Å². The van der Waals surface area contributed by atoms with Crippen molar-refractivity contribution in [1.29, 1.82) is 0 Å². The Kier molecular flexibility index (Phi) is 2.85. The molecule has 0 bridgehead atoms. The lowest BCUT2D eigenvalue weighted by molar-refractivity contribution is -0.203. The van der Waals surface area contributed by atoms with Crippen molar-refractivity contribution in [2.45, 2.75) is 57.0 Å². The van der Waals surface area contributed by atoms with Crippen molar-refractivity contribution in [3.8, 4) is 0 Å². The Labute approximate surface area is 118 Å². The SMILES string of the molecule is C=C1C(=O)O[C@@H]2[C@H]1CC[C@H](C)[C@]1(O)[C@H](O)C[C@H](O)[C@@]21C. The lowest BCUT2D eigenvalue weighted by atomic mass is 9.64. The molecule has 2 saturated carbocycles. The normalized spacial score (nSPS) is 55.1. The van der Waals surface area contributed by atoms with Crippen molar-refractivity contribution >= 4 is 5.97 Å². The van der Waals surface area contributed by atoms with Crippen LogP contribution in [0.2, 0.25) is 0 Å². The van der Waals surface area contributed by atoms with Crippen LogP contribution in [0, 0.1) is 17.3 Å². The Morgan fingerprint density at radius 2 is 1.95 bits per heavy atom. The zero-order valence-electron chi connectivity index (χ0n) is 11.9. The molecule has 1 saturated heterocycles. The molecule has 0 spiro atoms. The van der Waals surface area contributed by atoms with E-state index in [9.17, 15) is 20.1 Å². The highest BCUT2D eigenvalue weighted by Crippen LogP contribution is 2.60. The Morgan fingerprint density at radius 3 is 2.60 bits per heavy atom. The fraction of sp³-hybridized carbons (Fsp3) is 0.800. The molecule has 112 valence electrons. The molecule has 0 unspecified atom stereocenters. The molecular weight excluding hydrogens is 260 g/mol. The highest BCUT2D eigenvalue weighted by Gasteiger charge is 2.71. The molecule has 1 aliphatic heterocycles. The molecule has 5 heteroatoms. The number of rotatable bonds is 0. The maximum Gasteiger partial charge on any atom is 0.334 e. The fourth-order valence-electron chi connectivity index (χ4n) is 4.66. The van der Waals surface area contributed by atoms with Gasteiger partial charge in [0.15, 0.2) is 0 Å². The summed E-state index contributed by atoms with van der Waals surface area (Å²) in [6.07, 6.45) is -1.10. The van der Waals surface area contributed by atoms with Gasteiger partial charge in [-0.25, -0.2) is 4.79 Å². The van der Waals surface area contributed by atoms with Crippen LogP contribution in [-0.2, 0) is 9.53 Å².